The maximum Gasteiger partial charge on any atom is 0.255 e. The van der Waals surface area contributed by atoms with Gasteiger partial charge in [-0.25, -0.2) is 0 Å². The van der Waals surface area contributed by atoms with Gasteiger partial charge in [-0.05, 0) is 32.0 Å². The maximum absolute atomic E-state index is 12.9. The first-order chi connectivity index (χ1) is 13.1. The molecule has 0 spiro atoms. The number of hydrogen-bond donors (Lipinski definition) is 0. The highest BCUT2D eigenvalue weighted by atomic mass is 16.2. The summed E-state index contributed by atoms with van der Waals surface area (Å²) in [7, 11) is 0. The predicted octanol–water partition coefficient (Wildman–Crippen LogP) is 3.27. The molecule has 5 nitrogen and oxygen atoms in total. The Morgan fingerprint density at radius 3 is 2.44 bits per heavy atom. The second-order valence-electron chi connectivity index (χ2n) is 7.37. The zero-order valence-corrected chi connectivity index (χ0v) is 16.6. The molecule has 5 heteroatoms. The normalized spacial score (nSPS) is 15.2. The van der Waals surface area contributed by atoms with Crippen LogP contribution in [0.1, 0.15) is 36.7 Å². The zero-order valence-electron chi connectivity index (χ0n) is 16.6. The lowest BCUT2D eigenvalue weighted by atomic mass is 10.1. The molecule has 1 aliphatic heterocycles. The highest BCUT2D eigenvalue weighted by Crippen LogP contribution is 2.21. The summed E-state index contributed by atoms with van der Waals surface area (Å²) in [5, 5.41) is 0. The fourth-order valence-corrected chi connectivity index (χ4v) is 3.50. The Morgan fingerprint density at radius 2 is 1.81 bits per heavy atom. The van der Waals surface area contributed by atoms with Crippen LogP contribution in [0.15, 0.2) is 48.8 Å². The molecule has 3 rings (SSSR count). The van der Waals surface area contributed by atoms with Gasteiger partial charge in [0.2, 0.25) is 0 Å². The quantitative estimate of drug-likeness (QED) is 0.787. The van der Waals surface area contributed by atoms with E-state index < -0.39 is 0 Å². The molecule has 0 radical (unpaired) electrons. The molecule has 2 heterocycles. The molecular weight excluding hydrogens is 336 g/mol. The lowest BCUT2D eigenvalue weighted by molar-refractivity contribution is 0.0643. The van der Waals surface area contributed by atoms with E-state index in [-0.39, 0.29) is 5.91 Å². The van der Waals surface area contributed by atoms with Gasteiger partial charge in [-0.2, -0.15) is 0 Å². The Morgan fingerprint density at radius 1 is 1.11 bits per heavy atom. The molecule has 27 heavy (non-hydrogen) atoms. The van der Waals surface area contributed by atoms with E-state index in [0.29, 0.717) is 11.6 Å². The minimum atomic E-state index is 0.0866. The Bertz CT molecular complexity index is 739. The molecular formula is C22H30N4O. The first-order valence-electron chi connectivity index (χ1n) is 9.85. The molecule has 0 unspecified atom stereocenters. The van der Waals surface area contributed by atoms with E-state index in [0.717, 1.165) is 45.0 Å². The molecule has 0 bridgehead atoms. The van der Waals surface area contributed by atoms with Crippen molar-refractivity contribution >= 4 is 11.6 Å². The van der Waals surface area contributed by atoms with Crippen LogP contribution < -0.4 is 4.90 Å². The van der Waals surface area contributed by atoms with Crippen molar-refractivity contribution in [3.05, 3.63) is 59.9 Å². The van der Waals surface area contributed by atoms with Crippen molar-refractivity contribution in [2.75, 3.05) is 37.6 Å². The van der Waals surface area contributed by atoms with Crippen LogP contribution in [0.5, 0.6) is 0 Å². The molecule has 1 aliphatic rings. The molecule has 0 N–H and O–H groups in total. The third kappa shape index (κ3) is 4.86. The zero-order chi connectivity index (χ0) is 19.2. The summed E-state index contributed by atoms with van der Waals surface area (Å²) in [6.07, 6.45) is 3.55. The van der Waals surface area contributed by atoms with Crippen molar-refractivity contribution in [1.82, 2.24) is 14.8 Å². The largest absolute Gasteiger partial charge is 0.364 e. The number of piperazine rings is 1. The van der Waals surface area contributed by atoms with Crippen LogP contribution in [0, 0.1) is 0 Å². The summed E-state index contributed by atoms with van der Waals surface area (Å²) in [6.45, 7) is 11.8. The van der Waals surface area contributed by atoms with Gasteiger partial charge in [-0.3, -0.25) is 9.78 Å². The van der Waals surface area contributed by atoms with Gasteiger partial charge in [0.25, 0.3) is 5.91 Å². The van der Waals surface area contributed by atoms with Crippen molar-refractivity contribution in [1.29, 1.82) is 0 Å². The minimum Gasteiger partial charge on any atom is -0.364 e. The Kier molecular flexibility index (Phi) is 6.45. The summed E-state index contributed by atoms with van der Waals surface area (Å²) in [6, 6.07) is 12.7. The highest BCUT2D eigenvalue weighted by Gasteiger charge is 2.22. The number of aromatic nitrogens is 1. The molecule has 144 valence electrons. The van der Waals surface area contributed by atoms with E-state index in [1.54, 1.807) is 6.20 Å². The van der Waals surface area contributed by atoms with Crippen LogP contribution in [0.3, 0.4) is 0 Å². The standard InChI is InChI=1S/C22H30N4O/c1-4-24-10-12-25(13-11-24)22(27)20-14-21(16-23-15-20)26(18(2)3)17-19-8-6-5-7-9-19/h5-9,14-16,18H,4,10-13,17H2,1-3H3. The summed E-state index contributed by atoms with van der Waals surface area (Å²) < 4.78 is 0. The molecule has 1 aromatic heterocycles. The van der Waals surface area contributed by atoms with Gasteiger partial charge in [0.05, 0.1) is 17.4 Å². The number of amides is 1. The Labute approximate surface area is 162 Å². The third-order valence-corrected chi connectivity index (χ3v) is 5.23. The summed E-state index contributed by atoms with van der Waals surface area (Å²) in [4.78, 5) is 23.9. The average molecular weight is 367 g/mol. The van der Waals surface area contributed by atoms with Gasteiger partial charge in [0.1, 0.15) is 0 Å². The number of likely N-dealkylation sites (N-methyl/N-ethyl adjacent to an activating group) is 1. The van der Waals surface area contributed by atoms with Crippen molar-refractivity contribution in [2.45, 2.75) is 33.4 Å². The number of nitrogens with zero attached hydrogens (tertiary/aromatic N) is 4. The van der Waals surface area contributed by atoms with Crippen molar-refractivity contribution < 1.29 is 4.79 Å². The molecule has 0 saturated carbocycles. The van der Waals surface area contributed by atoms with Gasteiger partial charge in [-0.1, -0.05) is 37.3 Å². The lowest BCUT2D eigenvalue weighted by Crippen LogP contribution is -2.48. The average Bonchev–Trinajstić information content (AvgIpc) is 2.72. The summed E-state index contributed by atoms with van der Waals surface area (Å²) >= 11 is 0. The molecule has 1 amide bonds. The van der Waals surface area contributed by atoms with Crippen molar-refractivity contribution in [3.8, 4) is 0 Å². The van der Waals surface area contributed by atoms with Crippen LogP contribution in [0.2, 0.25) is 0 Å². The van der Waals surface area contributed by atoms with Gasteiger partial charge < -0.3 is 14.7 Å². The maximum atomic E-state index is 12.9. The number of rotatable bonds is 6. The van der Waals surface area contributed by atoms with Crippen LogP contribution in [-0.4, -0.2) is 59.5 Å². The van der Waals surface area contributed by atoms with Gasteiger partial charge in [0.15, 0.2) is 0 Å². The summed E-state index contributed by atoms with van der Waals surface area (Å²) in [5.41, 5.74) is 2.92. The monoisotopic (exact) mass is 366 g/mol. The van der Waals surface area contributed by atoms with E-state index >= 15 is 0 Å². The number of anilines is 1. The second-order valence-corrected chi connectivity index (χ2v) is 7.37. The van der Waals surface area contributed by atoms with Crippen molar-refractivity contribution in [2.24, 2.45) is 0 Å². The lowest BCUT2D eigenvalue weighted by Gasteiger charge is -2.34. The van der Waals surface area contributed by atoms with E-state index in [9.17, 15) is 4.79 Å². The first kappa shape index (κ1) is 19.4. The smallest absolute Gasteiger partial charge is 0.255 e. The number of carbonyl (C=O) groups is 1. The molecule has 1 fully saturated rings. The first-order valence-corrected chi connectivity index (χ1v) is 9.85. The topological polar surface area (TPSA) is 39.7 Å². The van der Waals surface area contributed by atoms with Crippen LogP contribution in [0.4, 0.5) is 5.69 Å². The van der Waals surface area contributed by atoms with E-state index in [2.05, 4.69) is 59.8 Å². The number of pyridine rings is 1. The minimum absolute atomic E-state index is 0.0866. The highest BCUT2D eigenvalue weighted by molar-refractivity contribution is 5.94. The van der Waals surface area contributed by atoms with E-state index in [4.69, 9.17) is 0 Å². The van der Waals surface area contributed by atoms with Crippen molar-refractivity contribution in [3.63, 3.8) is 0 Å². The van der Waals surface area contributed by atoms with Gasteiger partial charge in [0, 0.05) is 45.0 Å². The number of benzene rings is 1. The fraction of sp³-hybridized carbons (Fsp3) is 0.455. The molecule has 1 saturated heterocycles. The van der Waals surface area contributed by atoms with Crippen LogP contribution in [-0.2, 0) is 6.54 Å². The van der Waals surface area contributed by atoms with Gasteiger partial charge >= 0.3 is 0 Å². The third-order valence-electron chi connectivity index (χ3n) is 5.23. The Hall–Kier alpha value is -2.40. The molecule has 2 aromatic rings. The van der Waals surface area contributed by atoms with E-state index in [1.165, 1.54) is 5.56 Å². The fourth-order valence-electron chi connectivity index (χ4n) is 3.50. The van der Waals surface area contributed by atoms with Crippen LogP contribution in [0.25, 0.3) is 0 Å². The number of carbonyl (C=O) groups excluding carboxylic acids is 1. The molecule has 0 atom stereocenters. The van der Waals surface area contributed by atoms with Crippen LogP contribution >= 0.6 is 0 Å². The Balaban J connectivity index is 1.76. The molecule has 1 aromatic carbocycles. The molecule has 0 aliphatic carbocycles. The van der Waals surface area contributed by atoms with Gasteiger partial charge in [-0.15, -0.1) is 0 Å². The van der Waals surface area contributed by atoms with E-state index in [1.807, 2.05) is 23.2 Å². The number of hydrogen-bond acceptors (Lipinski definition) is 4. The summed E-state index contributed by atoms with van der Waals surface area (Å²) in [5.74, 6) is 0.0866. The second kappa shape index (κ2) is 9.00. The predicted molar refractivity (Wildman–Crippen MR) is 110 cm³/mol. The SMILES string of the molecule is CCN1CCN(C(=O)c2cncc(N(Cc3ccccc3)C(C)C)c2)CC1.